The number of nitrogens with zero attached hydrogens (tertiary/aromatic N) is 6. The third-order valence-corrected chi connectivity index (χ3v) is 5.44. The lowest BCUT2D eigenvalue weighted by molar-refractivity contribution is 0.105. The number of piperazine rings is 2. The van der Waals surface area contributed by atoms with Gasteiger partial charge in [-0.2, -0.15) is 4.98 Å². The second-order valence-corrected chi connectivity index (χ2v) is 7.20. The zero-order valence-corrected chi connectivity index (χ0v) is 16.9. The molecule has 154 valence electrons. The van der Waals surface area contributed by atoms with Crippen molar-refractivity contribution >= 4 is 23.5 Å². The first-order valence-electron chi connectivity index (χ1n) is 10.3. The van der Waals surface area contributed by atoms with Crippen molar-refractivity contribution in [3.05, 3.63) is 42.6 Å². The maximum absolute atomic E-state index is 11.9. The SMILES string of the molecule is CCOC(=O)N1CCN(c2nccc(N3CCN(c4ccccc4)CC3)n2)CC1. The maximum Gasteiger partial charge on any atom is 0.409 e. The van der Waals surface area contributed by atoms with Crippen LogP contribution in [0.25, 0.3) is 0 Å². The first kappa shape index (κ1) is 19.3. The Balaban J connectivity index is 1.34. The van der Waals surface area contributed by atoms with Crippen LogP contribution < -0.4 is 14.7 Å². The van der Waals surface area contributed by atoms with E-state index in [9.17, 15) is 4.79 Å². The van der Waals surface area contributed by atoms with Crippen molar-refractivity contribution in [2.24, 2.45) is 0 Å². The summed E-state index contributed by atoms with van der Waals surface area (Å²) in [6.45, 7) is 8.72. The summed E-state index contributed by atoms with van der Waals surface area (Å²) in [6.07, 6.45) is 1.59. The molecule has 0 unspecified atom stereocenters. The van der Waals surface area contributed by atoms with Crippen LogP contribution in [-0.4, -0.2) is 79.9 Å². The van der Waals surface area contributed by atoms with Crippen molar-refractivity contribution in [3.8, 4) is 0 Å². The van der Waals surface area contributed by atoms with Crippen molar-refractivity contribution in [3.63, 3.8) is 0 Å². The Labute approximate surface area is 171 Å². The number of benzene rings is 1. The Kier molecular flexibility index (Phi) is 5.97. The standard InChI is InChI=1S/C21H28N6O2/c1-2-29-21(28)27-16-14-26(15-17-27)20-22-9-8-19(23-20)25-12-10-24(11-13-25)18-6-4-3-5-7-18/h3-9H,2,10-17H2,1H3. The van der Waals surface area contributed by atoms with E-state index >= 15 is 0 Å². The molecule has 1 amide bonds. The molecule has 0 spiro atoms. The van der Waals surface area contributed by atoms with Crippen molar-refractivity contribution in [2.45, 2.75) is 6.92 Å². The lowest BCUT2D eigenvalue weighted by atomic mass is 10.2. The third kappa shape index (κ3) is 4.52. The van der Waals surface area contributed by atoms with Gasteiger partial charge in [0.2, 0.25) is 5.95 Å². The number of aromatic nitrogens is 2. The lowest BCUT2D eigenvalue weighted by Crippen LogP contribution is -2.49. The highest BCUT2D eigenvalue weighted by molar-refractivity contribution is 5.68. The second kappa shape index (κ2) is 8.98. The molecule has 3 heterocycles. The highest BCUT2D eigenvalue weighted by atomic mass is 16.6. The molecule has 1 aromatic carbocycles. The summed E-state index contributed by atoms with van der Waals surface area (Å²) in [7, 11) is 0. The topological polar surface area (TPSA) is 65.0 Å². The Hall–Kier alpha value is -3.03. The summed E-state index contributed by atoms with van der Waals surface area (Å²) in [6, 6.07) is 12.5. The van der Waals surface area contributed by atoms with E-state index in [0.29, 0.717) is 32.8 Å². The van der Waals surface area contributed by atoms with Gasteiger partial charge in [-0.15, -0.1) is 0 Å². The highest BCUT2D eigenvalue weighted by Gasteiger charge is 2.24. The van der Waals surface area contributed by atoms with Gasteiger partial charge >= 0.3 is 6.09 Å². The molecule has 2 aromatic rings. The molecule has 0 aliphatic carbocycles. The summed E-state index contributed by atoms with van der Waals surface area (Å²) < 4.78 is 5.09. The van der Waals surface area contributed by atoms with Crippen LogP contribution in [0.1, 0.15) is 6.92 Å². The van der Waals surface area contributed by atoms with Crippen molar-refractivity contribution in [1.29, 1.82) is 0 Å². The molecule has 4 rings (SSSR count). The minimum atomic E-state index is -0.238. The van der Waals surface area contributed by atoms with Crippen molar-refractivity contribution in [2.75, 3.05) is 73.7 Å². The fourth-order valence-corrected chi connectivity index (χ4v) is 3.80. The maximum atomic E-state index is 11.9. The Morgan fingerprint density at radius 3 is 2.24 bits per heavy atom. The van der Waals surface area contributed by atoms with Gasteiger partial charge < -0.3 is 24.3 Å². The van der Waals surface area contributed by atoms with E-state index in [2.05, 4.69) is 50.0 Å². The quantitative estimate of drug-likeness (QED) is 0.784. The molecule has 0 atom stereocenters. The number of hydrogen-bond acceptors (Lipinski definition) is 7. The molecular weight excluding hydrogens is 368 g/mol. The number of amides is 1. The second-order valence-electron chi connectivity index (χ2n) is 7.20. The average Bonchev–Trinajstić information content (AvgIpc) is 2.80. The van der Waals surface area contributed by atoms with Gasteiger partial charge in [-0.3, -0.25) is 0 Å². The van der Waals surface area contributed by atoms with Gasteiger partial charge in [0.15, 0.2) is 0 Å². The van der Waals surface area contributed by atoms with Crippen molar-refractivity contribution in [1.82, 2.24) is 14.9 Å². The molecule has 0 bridgehead atoms. The zero-order valence-electron chi connectivity index (χ0n) is 16.9. The van der Waals surface area contributed by atoms with E-state index in [1.807, 2.05) is 19.2 Å². The highest BCUT2D eigenvalue weighted by Crippen LogP contribution is 2.21. The lowest BCUT2D eigenvalue weighted by Gasteiger charge is -2.37. The Bertz CT molecular complexity index is 802. The van der Waals surface area contributed by atoms with Gasteiger partial charge in [0, 0.05) is 64.2 Å². The predicted molar refractivity (Wildman–Crippen MR) is 114 cm³/mol. The summed E-state index contributed by atoms with van der Waals surface area (Å²) in [4.78, 5) is 29.8. The number of para-hydroxylation sites is 1. The molecule has 2 aliphatic rings. The van der Waals surface area contributed by atoms with Gasteiger partial charge in [0.25, 0.3) is 0 Å². The molecule has 8 nitrogen and oxygen atoms in total. The average molecular weight is 396 g/mol. The minimum Gasteiger partial charge on any atom is -0.450 e. The van der Waals surface area contributed by atoms with E-state index < -0.39 is 0 Å². The van der Waals surface area contributed by atoms with Gasteiger partial charge in [-0.1, -0.05) is 18.2 Å². The van der Waals surface area contributed by atoms with E-state index in [1.54, 1.807) is 4.90 Å². The van der Waals surface area contributed by atoms with Crippen molar-refractivity contribution < 1.29 is 9.53 Å². The summed E-state index contributed by atoms with van der Waals surface area (Å²) in [5, 5.41) is 0. The first-order valence-corrected chi connectivity index (χ1v) is 10.3. The number of rotatable bonds is 4. The number of carbonyl (C=O) groups is 1. The number of hydrogen-bond donors (Lipinski definition) is 0. The molecule has 2 fully saturated rings. The zero-order chi connectivity index (χ0) is 20.1. The number of ether oxygens (including phenoxy) is 1. The third-order valence-electron chi connectivity index (χ3n) is 5.44. The fourth-order valence-electron chi connectivity index (χ4n) is 3.80. The molecule has 8 heteroatoms. The van der Waals surface area contributed by atoms with Crippen LogP contribution in [0.15, 0.2) is 42.6 Å². The van der Waals surface area contributed by atoms with Gasteiger partial charge in [-0.25, -0.2) is 9.78 Å². The van der Waals surface area contributed by atoms with E-state index in [0.717, 1.165) is 37.9 Å². The molecule has 2 aliphatic heterocycles. The monoisotopic (exact) mass is 396 g/mol. The fraction of sp³-hybridized carbons (Fsp3) is 0.476. The molecular formula is C21H28N6O2. The molecule has 29 heavy (non-hydrogen) atoms. The van der Waals surface area contributed by atoms with Crippen LogP contribution in [0.3, 0.4) is 0 Å². The van der Waals surface area contributed by atoms with Crippen LogP contribution >= 0.6 is 0 Å². The van der Waals surface area contributed by atoms with Gasteiger partial charge in [0.05, 0.1) is 6.61 Å². The minimum absolute atomic E-state index is 0.238. The molecule has 0 radical (unpaired) electrons. The summed E-state index contributed by atoms with van der Waals surface area (Å²) in [5.74, 6) is 1.70. The van der Waals surface area contributed by atoms with Crippen LogP contribution in [0, 0.1) is 0 Å². The molecule has 0 N–H and O–H groups in total. The van der Waals surface area contributed by atoms with E-state index in [1.165, 1.54) is 5.69 Å². The normalized spacial score (nSPS) is 17.4. The van der Waals surface area contributed by atoms with Crippen LogP contribution in [0.5, 0.6) is 0 Å². The largest absolute Gasteiger partial charge is 0.450 e. The summed E-state index contributed by atoms with van der Waals surface area (Å²) in [5.41, 5.74) is 1.27. The Morgan fingerprint density at radius 1 is 0.897 bits per heavy atom. The van der Waals surface area contributed by atoms with Gasteiger partial charge in [-0.05, 0) is 25.1 Å². The summed E-state index contributed by atoms with van der Waals surface area (Å²) >= 11 is 0. The smallest absolute Gasteiger partial charge is 0.409 e. The van der Waals surface area contributed by atoms with Gasteiger partial charge in [0.1, 0.15) is 5.82 Å². The van der Waals surface area contributed by atoms with Crippen LogP contribution in [-0.2, 0) is 4.74 Å². The first-order chi connectivity index (χ1) is 14.2. The number of anilines is 3. The number of carbonyl (C=O) groups excluding carboxylic acids is 1. The van der Waals surface area contributed by atoms with E-state index in [-0.39, 0.29) is 6.09 Å². The predicted octanol–water partition coefficient (Wildman–Crippen LogP) is 2.08. The molecule has 2 saturated heterocycles. The van der Waals surface area contributed by atoms with E-state index in [4.69, 9.17) is 9.72 Å². The molecule has 0 saturated carbocycles. The Morgan fingerprint density at radius 2 is 1.55 bits per heavy atom. The van der Waals surface area contributed by atoms with Crippen LogP contribution in [0.4, 0.5) is 22.2 Å². The van der Waals surface area contributed by atoms with Crippen LogP contribution in [0.2, 0.25) is 0 Å². The molecule has 1 aromatic heterocycles.